The quantitative estimate of drug-likeness (QED) is 0.924. The second-order valence-corrected chi connectivity index (χ2v) is 5.71. The Kier molecular flexibility index (Phi) is 4.21. The van der Waals surface area contributed by atoms with Gasteiger partial charge in [0.2, 0.25) is 5.91 Å². The number of rotatable bonds is 3. The Morgan fingerprint density at radius 3 is 2.79 bits per heavy atom. The first-order valence-corrected chi connectivity index (χ1v) is 6.69. The van der Waals surface area contributed by atoms with Gasteiger partial charge in [-0.05, 0) is 43.2 Å². The van der Waals surface area contributed by atoms with Crippen LogP contribution < -0.4 is 5.73 Å². The number of carbonyl (C=O) groups is 1. The van der Waals surface area contributed by atoms with Crippen LogP contribution in [0.1, 0.15) is 25.0 Å². The molecule has 1 aromatic rings. The highest BCUT2D eigenvalue weighted by molar-refractivity contribution is 5.85. The number of nitrogens with two attached hydrogens (primary N) is 1. The van der Waals surface area contributed by atoms with Crippen molar-refractivity contribution < 1.29 is 9.21 Å². The highest BCUT2D eigenvalue weighted by Gasteiger charge is 2.49. The second-order valence-electron chi connectivity index (χ2n) is 5.71. The van der Waals surface area contributed by atoms with Gasteiger partial charge in [-0.3, -0.25) is 4.79 Å². The van der Waals surface area contributed by atoms with Crippen molar-refractivity contribution in [2.45, 2.75) is 31.8 Å². The third-order valence-electron chi connectivity index (χ3n) is 4.62. The summed E-state index contributed by atoms with van der Waals surface area (Å²) in [7, 11) is 1.84. The van der Waals surface area contributed by atoms with E-state index >= 15 is 0 Å². The lowest BCUT2D eigenvalue weighted by Gasteiger charge is -2.30. The van der Waals surface area contributed by atoms with Gasteiger partial charge < -0.3 is 15.1 Å². The van der Waals surface area contributed by atoms with E-state index in [0.717, 1.165) is 12.2 Å². The molecule has 19 heavy (non-hydrogen) atoms. The van der Waals surface area contributed by atoms with Crippen LogP contribution in [0.4, 0.5) is 0 Å². The van der Waals surface area contributed by atoms with Gasteiger partial charge in [-0.15, -0.1) is 12.4 Å². The minimum atomic E-state index is 0. The molecule has 1 aromatic heterocycles. The lowest BCUT2D eigenvalue weighted by Crippen LogP contribution is -2.45. The topological polar surface area (TPSA) is 59.5 Å². The van der Waals surface area contributed by atoms with Crippen molar-refractivity contribution in [3.8, 4) is 0 Å². The molecule has 0 saturated heterocycles. The van der Waals surface area contributed by atoms with E-state index in [-0.39, 0.29) is 30.3 Å². The van der Waals surface area contributed by atoms with E-state index < -0.39 is 0 Å². The van der Waals surface area contributed by atoms with Gasteiger partial charge in [0, 0.05) is 13.1 Å². The molecule has 1 heterocycles. The van der Waals surface area contributed by atoms with E-state index in [1.165, 1.54) is 12.8 Å². The lowest BCUT2D eigenvalue weighted by atomic mass is 9.84. The lowest BCUT2D eigenvalue weighted by molar-refractivity contribution is -0.137. The summed E-state index contributed by atoms with van der Waals surface area (Å²) < 4.78 is 5.28. The Hall–Kier alpha value is -1.00. The molecule has 3 rings (SSSR count). The molecule has 2 bridgehead atoms. The number of carbonyl (C=O) groups excluding carboxylic acids is 1. The van der Waals surface area contributed by atoms with Crippen molar-refractivity contribution in [2.75, 3.05) is 7.05 Å². The van der Waals surface area contributed by atoms with Crippen LogP contribution in [0.2, 0.25) is 0 Å². The maximum absolute atomic E-state index is 12.5. The zero-order valence-electron chi connectivity index (χ0n) is 11.1. The molecule has 106 valence electrons. The number of halogens is 1. The molecule has 0 aliphatic heterocycles. The molecule has 2 aliphatic rings. The number of fused-ring (bicyclic) bond motifs is 2. The number of nitrogens with zero attached hydrogens (tertiary/aromatic N) is 1. The van der Waals surface area contributed by atoms with Crippen LogP contribution >= 0.6 is 12.4 Å². The molecule has 2 N–H and O–H groups in total. The highest BCUT2D eigenvalue weighted by Crippen LogP contribution is 2.48. The van der Waals surface area contributed by atoms with Gasteiger partial charge in [-0.25, -0.2) is 0 Å². The van der Waals surface area contributed by atoms with Gasteiger partial charge in [0.15, 0.2) is 0 Å². The molecule has 0 radical (unpaired) electrons. The largest absolute Gasteiger partial charge is 0.467 e. The molecule has 0 aromatic carbocycles. The predicted octanol–water partition coefficient (Wildman–Crippen LogP) is 2.03. The van der Waals surface area contributed by atoms with Gasteiger partial charge >= 0.3 is 0 Å². The highest BCUT2D eigenvalue weighted by atomic mass is 35.5. The first-order chi connectivity index (χ1) is 8.66. The molecule has 2 aliphatic carbocycles. The van der Waals surface area contributed by atoms with Gasteiger partial charge in [0.1, 0.15) is 5.76 Å². The maximum atomic E-state index is 12.5. The van der Waals surface area contributed by atoms with Crippen LogP contribution in [-0.2, 0) is 11.3 Å². The van der Waals surface area contributed by atoms with E-state index in [1.54, 1.807) is 11.2 Å². The van der Waals surface area contributed by atoms with Crippen molar-refractivity contribution in [1.29, 1.82) is 0 Å². The van der Waals surface area contributed by atoms with Crippen molar-refractivity contribution in [1.82, 2.24) is 4.90 Å². The normalized spacial score (nSPS) is 32.1. The van der Waals surface area contributed by atoms with Gasteiger partial charge in [0.25, 0.3) is 0 Å². The Labute approximate surface area is 119 Å². The summed E-state index contributed by atoms with van der Waals surface area (Å²) in [5, 5.41) is 0. The molecule has 4 atom stereocenters. The third-order valence-corrected chi connectivity index (χ3v) is 4.62. The zero-order chi connectivity index (χ0) is 12.7. The van der Waals surface area contributed by atoms with Gasteiger partial charge in [0.05, 0.1) is 18.7 Å². The number of hydrogen-bond donors (Lipinski definition) is 1. The molecule has 2 saturated carbocycles. The Balaban J connectivity index is 0.00000133. The van der Waals surface area contributed by atoms with E-state index in [0.29, 0.717) is 18.4 Å². The van der Waals surface area contributed by atoms with Gasteiger partial charge in [-0.1, -0.05) is 0 Å². The average molecular weight is 285 g/mol. The smallest absolute Gasteiger partial charge is 0.227 e. The summed E-state index contributed by atoms with van der Waals surface area (Å²) in [6, 6.07) is 3.80. The van der Waals surface area contributed by atoms with Crippen molar-refractivity contribution in [3.63, 3.8) is 0 Å². The maximum Gasteiger partial charge on any atom is 0.227 e. The standard InChI is InChI=1S/C14H20N2O2.ClH/c1-16(8-11-3-2-6-18-11)14(17)12-9-4-5-10(7-9)13(12)15;/h2-3,6,9-10,12-13H,4-5,7-8,15H2,1H3;1H. The van der Waals surface area contributed by atoms with Crippen LogP contribution in [0, 0.1) is 17.8 Å². The van der Waals surface area contributed by atoms with E-state index in [2.05, 4.69) is 0 Å². The minimum Gasteiger partial charge on any atom is -0.467 e. The Bertz CT molecular complexity index is 433. The molecule has 1 amide bonds. The first-order valence-electron chi connectivity index (χ1n) is 6.69. The SMILES string of the molecule is CN(Cc1ccco1)C(=O)C1C2CCC(C2)C1N.Cl. The van der Waals surface area contributed by atoms with Crippen LogP contribution in [0.15, 0.2) is 22.8 Å². The summed E-state index contributed by atoms with van der Waals surface area (Å²) in [6.45, 7) is 0.534. The number of amides is 1. The van der Waals surface area contributed by atoms with E-state index in [9.17, 15) is 4.79 Å². The number of furan rings is 1. The fourth-order valence-electron chi connectivity index (χ4n) is 3.67. The summed E-state index contributed by atoms with van der Waals surface area (Å²) in [5.41, 5.74) is 6.21. The number of hydrogen-bond acceptors (Lipinski definition) is 3. The Morgan fingerprint density at radius 1 is 1.47 bits per heavy atom. The predicted molar refractivity (Wildman–Crippen MR) is 74.7 cm³/mol. The fourth-order valence-corrected chi connectivity index (χ4v) is 3.67. The van der Waals surface area contributed by atoms with E-state index in [4.69, 9.17) is 10.2 Å². The molecule has 4 nitrogen and oxygen atoms in total. The first kappa shape index (κ1) is 14.4. The van der Waals surface area contributed by atoms with Crippen molar-refractivity contribution >= 4 is 18.3 Å². The third kappa shape index (κ3) is 2.51. The monoisotopic (exact) mass is 284 g/mol. The fraction of sp³-hybridized carbons (Fsp3) is 0.643. The van der Waals surface area contributed by atoms with Crippen LogP contribution in [0.3, 0.4) is 0 Å². The molecular weight excluding hydrogens is 264 g/mol. The minimum absolute atomic E-state index is 0. The van der Waals surface area contributed by atoms with E-state index in [1.807, 2.05) is 19.2 Å². The van der Waals surface area contributed by atoms with Crippen molar-refractivity contribution in [3.05, 3.63) is 24.2 Å². The molecule has 0 spiro atoms. The van der Waals surface area contributed by atoms with Gasteiger partial charge in [-0.2, -0.15) is 0 Å². The molecule has 5 heteroatoms. The zero-order valence-corrected chi connectivity index (χ0v) is 11.9. The molecule has 2 fully saturated rings. The Morgan fingerprint density at radius 2 is 2.21 bits per heavy atom. The van der Waals surface area contributed by atoms with Crippen LogP contribution in [-0.4, -0.2) is 23.9 Å². The molecular formula is C14H21ClN2O2. The molecule has 4 unspecified atom stereocenters. The summed E-state index contributed by atoms with van der Waals surface area (Å²) in [6.07, 6.45) is 5.16. The summed E-state index contributed by atoms with van der Waals surface area (Å²) >= 11 is 0. The van der Waals surface area contributed by atoms with Crippen LogP contribution in [0.5, 0.6) is 0 Å². The second kappa shape index (κ2) is 5.55. The summed E-state index contributed by atoms with van der Waals surface area (Å²) in [5.74, 6) is 2.12. The average Bonchev–Trinajstić information content (AvgIpc) is 3.04. The summed E-state index contributed by atoms with van der Waals surface area (Å²) in [4.78, 5) is 14.2. The van der Waals surface area contributed by atoms with Crippen molar-refractivity contribution in [2.24, 2.45) is 23.5 Å². The van der Waals surface area contributed by atoms with Crippen LogP contribution in [0.25, 0.3) is 0 Å².